The number of rotatable bonds is 10. The van der Waals surface area contributed by atoms with E-state index in [2.05, 4.69) is 10.6 Å². The third-order valence-corrected chi connectivity index (χ3v) is 6.99. The minimum Gasteiger partial charge on any atom is -0.379 e. The van der Waals surface area contributed by atoms with E-state index in [0.29, 0.717) is 44.2 Å². The minimum atomic E-state index is -0.215. The van der Waals surface area contributed by atoms with Crippen molar-refractivity contribution in [1.29, 1.82) is 0 Å². The predicted octanol–water partition coefficient (Wildman–Crippen LogP) is 3.51. The fourth-order valence-corrected chi connectivity index (χ4v) is 6.13. The summed E-state index contributed by atoms with van der Waals surface area (Å²) >= 11 is 0. The van der Waals surface area contributed by atoms with Gasteiger partial charge in [-0.3, -0.25) is 9.59 Å². The molecule has 0 aliphatic heterocycles. The molecule has 0 spiro atoms. The standard InChI is InChI=1S/C24H34N2O4/c1-2-29-6-7-30-16-17-4-3-5-21(11-17)26-22(27)15-25-23(28)24-12-18-8-19(13-24)10-20(9-18)14-24/h3-5,11,18-20H,2,6-10,12-16H2,1H3,(H,25,28)(H,26,27). The first-order valence-corrected chi connectivity index (χ1v) is 11.4. The summed E-state index contributed by atoms with van der Waals surface area (Å²) < 4.78 is 10.8. The lowest BCUT2D eigenvalue weighted by molar-refractivity contribution is -0.146. The maximum atomic E-state index is 13.0. The average molecular weight is 415 g/mol. The molecule has 0 atom stereocenters. The molecule has 4 aliphatic rings. The van der Waals surface area contributed by atoms with Gasteiger partial charge in [0.05, 0.1) is 26.4 Å². The van der Waals surface area contributed by atoms with Gasteiger partial charge in [-0.25, -0.2) is 0 Å². The number of ether oxygens (including phenoxy) is 2. The molecule has 6 nitrogen and oxygen atoms in total. The molecule has 4 saturated carbocycles. The van der Waals surface area contributed by atoms with Crippen LogP contribution in [-0.2, 0) is 25.7 Å². The third-order valence-electron chi connectivity index (χ3n) is 6.99. The van der Waals surface area contributed by atoms with E-state index in [1.54, 1.807) is 0 Å². The second-order valence-corrected chi connectivity index (χ2v) is 9.38. The Morgan fingerprint density at radius 2 is 1.70 bits per heavy atom. The number of amides is 2. The molecule has 2 amide bonds. The molecule has 4 fully saturated rings. The van der Waals surface area contributed by atoms with Crippen molar-refractivity contribution >= 4 is 17.5 Å². The molecule has 0 unspecified atom stereocenters. The van der Waals surface area contributed by atoms with Gasteiger partial charge in [0.25, 0.3) is 0 Å². The molecule has 2 N–H and O–H groups in total. The van der Waals surface area contributed by atoms with Crippen molar-refractivity contribution < 1.29 is 19.1 Å². The summed E-state index contributed by atoms with van der Waals surface area (Å²) in [6.07, 6.45) is 6.95. The Labute approximate surface area is 179 Å². The van der Waals surface area contributed by atoms with Crippen molar-refractivity contribution in [3.05, 3.63) is 29.8 Å². The van der Waals surface area contributed by atoms with Crippen LogP contribution < -0.4 is 10.6 Å². The Kier molecular flexibility index (Phi) is 6.74. The average Bonchev–Trinajstić information content (AvgIpc) is 2.71. The first kappa shape index (κ1) is 21.3. The van der Waals surface area contributed by atoms with Crippen LogP contribution in [0.3, 0.4) is 0 Å². The number of nitrogens with one attached hydrogen (secondary N) is 2. The molecule has 0 aromatic heterocycles. The van der Waals surface area contributed by atoms with Gasteiger partial charge in [-0.1, -0.05) is 12.1 Å². The molecule has 0 heterocycles. The molecule has 1 aromatic rings. The Morgan fingerprint density at radius 3 is 2.37 bits per heavy atom. The predicted molar refractivity (Wildman–Crippen MR) is 115 cm³/mol. The number of benzene rings is 1. The van der Waals surface area contributed by atoms with Gasteiger partial charge in [0.1, 0.15) is 0 Å². The first-order valence-electron chi connectivity index (χ1n) is 11.4. The molecule has 4 bridgehead atoms. The van der Waals surface area contributed by atoms with E-state index in [1.165, 1.54) is 19.3 Å². The van der Waals surface area contributed by atoms with E-state index < -0.39 is 0 Å². The Bertz CT molecular complexity index is 728. The van der Waals surface area contributed by atoms with Gasteiger partial charge in [-0.2, -0.15) is 0 Å². The second-order valence-electron chi connectivity index (χ2n) is 9.38. The number of carbonyl (C=O) groups is 2. The normalized spacial score (nSPS) is 29.0. The lowest BCUT2D eigenvalue weighted by atomic mass is 9.49. The zero-order valence-corrected chi connectivity index (χ0v) is 18.0. The van der Waals surface area contributed by atoms with E-state index in [-0.39, 0.29) is 23.8 Å². The highest BCUT2D eigenvalue weighted by atomic mass is 16.5. The summed E-state index contributed by atoms with van der Waals surface area (Å²) in [6.45, 7) is 4.26. The van der Waals surface area contributed by atoms with E-state index >= 15 is 0 Å². The van der Waals surface area contributed by atoms with Crippen LogP contribution in [0.2, 0.25) is 0 Å². The van der Waals surface area contributed by atoms with E-state index in [0.717, 1.165) is 30.5 Å². The van der Waals surface area contributed by atoms with E-state index in [1.807, 2.05) is 31.2 Å². The van der Waals surface area contributed by atoms with Crippen molar-refractivity contribution in [2.45, 2.75) is 52.1 Å². The van der Waals surface area contributed by atoms with Gasteiger partial charge in [0.2, 0.25) is 11.8 Å². The molecule has 5 rings (SSSR count). The van der Waals surface area contributed by atoms with E-state index in [9.17, 15) is 9.59 Å². The summed E-state index contributed by atoms with van der Waals surface area (Å²) in [5, 5.41) is 5.83. The van der Waals surface area contributed by atoms with Crippen molar-refractivity contribution in [2.75, 3.05) is 31.7 Å². The van der Waals surface area contributed by atoms with Crippen LogP contribution in [-0.4, -0.2) is 38.2 Å². The van der Waals surface area contributed by atoms with Crippen LogP contribution in [0.1, 0.15) is 51.0 Å². The van der Waals surface area contributed by atoms with Crippen LogP contribution in [0.25, 0.3) is 0 Å². The quantitative estimate of drug-likeness (QED) is 0.575. The third kappa shape index (κ3) is 5.03. The molecular formula is C24H34N2O4. The number of carbonyl (C=O) groups excluding carboxylic acids is 2. The van der Waals surface area contributed by atoms with Crippen LogP contribution in [0.4, 0.5) is 5.69 Å². The van der Waals surface area contributed by atoms with Gasteiger partial charge in [-0.15, -0.1) is 0 Å². The minimum absolute atomic E-state index is 0.0235. The molecule has 6 heteroatoms. The SMILES string of the molecule is CCOCCOCc1cccc(NC(=O)CNC(=O)C23CC4CC(CC(C4)C2)C3)c1. The molecule has 0 saturated heterocycles. The van der Waals surface area contributed by atoms with Gasteiger partial charge in [0.15, 0.2) is 0 Å². The summed E-state index contributed by atoms with van der Waals surface area (Å²) in [7, 11) is 0. The van der Waals surface area contributed by atoms with Gasteiger partial charge in [-0.05, 0) is 80.9 Å². The molecule has 0 radical (unpaired) electrons. The molecule has 30 heavy (non-hydrogen) atoms. The lowest BCUT2D eigenvalue weighted by Gasteiger charge is -2.55. The maximum absolute atomic E-state index is 13.0. The summed E-state index contributed by atoms with van der Waals surface area (Å²) in [5.74, 6) is 2.05. The first-order chi connectivity index (χ1) is 14.6. The van der Waals surface area contributed by atoms with Crippen molar-refractivity contribution in [3.8, 4) is 0 Å². The molecule has 164 valence electrons. The highest BCUT2D eigenvalue weighted by molar-refractivity contribution is 5.95. The smallest absolute Gasteiger partial charge is 0.243 e. The zero-order chi connectivity index (χ0) is 21.0. The lowest BCUT2D eigenvalue weighted by Crippen LogP contribution is -2.54. The van der Waals surface area contributed by atoms with Crippen molar-refractivity contribution in [3.63, 3.8) is 0 Å². The highest BCUT2D eigenvalue weighted by Gasteiger charge is 2.54. The van der Waals surface area contributed by atoms with Gasteiger partial charge in [0, 0.05) is 17.7 Å². The Hall–Kier alpha value is -1.92. The van der Waals surface area contributed by atoms with Gasteiger partial charge >= 0.3 is 0 Å². The van der Waals surface area contributed by atoms with Crippen LogP contribution >= 0.6 is 0 Å². The molecule has 4 aliphatic carbocycles. The maximum Gasteiger partial charge on any atom is 0.243 e. The zero-order valence-electron chi connectivity index (χ0n) is 18.0. The molecular weight excluding hydrogens is 380 g/mol. The van der Waals surface area contributed by atoms with Crippen LogP contribution in [0.5, 0.6) is 0 Å². The monoisotopic (exact) mass is 414 g/mol. The van der Waals surface area contributed by atoms with E-state index in [4.69, 9.17) is 9.47 Å². The topological polar surface area (TPSA) is 76.7 Å². The van der Waals surface area contributed by atoms with Crippen LogP contribution in [0, 0.1) is 23.2 Å². The highest BCUT2D eigenvalue weighted by Crippen LogP contribution is 2.60. The summed E-state index contributed by atoms with van der Waals surface area (Å²) in [4.78, 5) is 25.4. The molecule has 1 aromatic carbocycles. The Balaban J connectivity index is 1.23. The largest absolute Gasteiger partial charge is 0.379 e. The summed E-state index contributed by atoms with van der Waals surface area (Å²) in [6, 6.07) is 7.61. The summed E-state index contributed by atoms with van der Waals surface area (Å²) in [5.41, 5.74) is 1.49. The number of hydrogen-bond acceptors (Lipinski definition) is 4. The van der Waals surface area contributed by atoms with Crippen molar-refractivity contribution in [2.24, 2.45) is 23.2 Å². The fourth-order valence-electron chi connectivity index (χ4n) is 6.13. The Morgan fingerprint density at radius 1 is 1.03 bits per heavy atom. The van der Waals surface area contributed by atoms with Crippen LogP contribution in [0.15, 0.2) is 24.3 Å². The number of anilines is 1. The van der Waals surface area contributed by atoms with Crippen molar-refractivity contribution in [1.82, 2.24) is 5.32 Å². The fraction of sp³-hybridized carbons (Fsp3) is 0.667. The van der Waals surface area contributed by atoms with Gasteiger partial charge < -0.3 is 20.1 Å². The second kappa shape index (κ2) is 9.48. The number of hydrogen-bond donors (Lipinski definition) is 2.